The van der Waals surface area contributed by atoms with Crippen LogP contribution in [0.15, 0.2) is 85.1 Å². The Labute approximate surface area is 426 Å². The van der Waals surface area contributed by atoms with Crippen molar-refractivity contribution >= 4 is 17.9 Å². The molecule has 0 aromatic rings. The van der Waals surface area contributed by atoms with Gasteiger partial charge < -0.3 is 14.2 Å². The van der Waals surface area contributed by atoms with Crippen LogP contribution in [0, 0.1) is 0 Å². The van der Waals surface area contributed by atoms with Crippen LogP contribution in [0.4, 0.5) is 0 Å². The van der Waals surface area contributed by atoms with E-state index in [4.69, 9.17) is 14.2 Å². The summed E-state index contributed by atoms with van der Waals surface area (Å²) in [6, 6.07) is 0. The zero-order chi connectivity index (χ0) is 50.0. The quantitative estimate of drug-likeness (QED) is 0.0262. The first-order valence-electron chi connectivity index (χ1n) is 29.1. The van der Waals surface area contributed by atoms with Crippen molar-refractivity contribution in [1.29, 1.82) is 0 Å². The maximum atomic E-state index is 12.8. The summed E-state index contributed by atoms with van der Waals surface area (Å²) in [7, 11) is 0. The first-order valence-corrected chi connectivity index (χ1v) is 29.1. The smallest absolute Gasteiger partial charge is 0.306 e. The predicted octanol–water partition coefficient (Wildman–Crippen LogP) is 19.5. The molecule has 0 amide bonds. The fourth-order valence-corrected chi connectivity index (χ4v) is 8.03. The van der Waals surface area contributed by atoms with Crippen molar-refractivity contribution in [1.82, 2.24) is 0 Å². The maximum Gasteiger partial charge on any atom is 0.306 e. The van der Waals surface area contributed by atoms with Crippen molar-refractivity contribution in [2.75, 3.05) is 13.2 Å². The Morgan fingerprint density at radius 3 is 0.942 bits per heavy atom. The van der Waals surface area contributed by atoms with Crippen molar-refractivity contribution in [2.45, 2.75) is 284 Å². The molecule has 0 radical (unpaired) electrons. The molecule has 0 rings (SSSR count). The number of allylic oxidation sites excluding steroid dienone is 14. The van der Waals surface area contributed by atoms with E-state index >= 15 is 0 Å². The van der Waals surface area contributed by atoms with Crippen LogP contribution in [-0.2, 0) is 28.6 Å². The second-order valence-electron chi connectivity index (χ2n) is 19.2. The largest absolute Gasteiger partial charge is 0.462 e. The topological polar surface area (TPSA) is 78.9 Å². The number of carbonyl (C=O) groups excluding carboxylic acids is 3. The van der Waals surface area contributed by atoms with Crippen molar-refractivity contribution < 1.29 is 28.6 Å². The number of hydrogen-bond acceptors (Lipinski definition) is 6. The van der Waals surface area contributed by atoms with E-state index in [0.717, 1.165) is 103 Å². The molecule has 0 saturated carbocycles. The molecule has 0 aromatic carbocycles. The average molecular weight is 962 g/mol. The first-order chi connectivity index (χ1) is 34.0. The van der Waals surface area contributed by atoms with E-state index in [1.807, 2.05) is 0 Å². The Hall–Kier alpha value is -3.41. The minimum Gasteiger partial charge on any atom is -0.462 e. The van der Waals surface area contributed by atoms with Gasteiger partial charge in [-0.2, -0.15) is 0 Å². The zero-order valence-corrected chi connectivity index (χ0v) is 45.3. The molecule has 0 N–H and O–H groups in total. The molecule has 6 heteroatoms. The lowest BCUT2D eigenvalue weighted by molar-refractivity contribution is -0.167. The molecule has 0 unspecified atom stereocenters. The maximum absolute atomic E-state index is 12.8. The minimum absolute atomic E-state index is 0.0988. The monoisotopic (exact) mass is 961 g/mol. The fraction of sp³-hybridized carbons (Fsp3) is 0.730. The molecule has 69 heavy (non-hydrogen) atoms. The van der Waals surface area contributed by atoms with Gasteiger partial charge in [0.25, 0.3) is 0 Å². The summed E-state index contributed by atoms with van der Waals surface area (Å²) in [4.78, 5) is 38.2. The van der Waals surface area contributed by atoms with Crippen molar-refractivity contribution in [3.63, 3.8) is 0 Å². The molecule has 0 saturated heterocycles. The fourth-order valence-electron chi connectivity index (χ4n) is 8.03. The third-order valence-electron chi connectivity index (χ3n) is 12.4. The molecular formula is C63H108O6. The van der Waals surface area contributed by atoms with E-state index in [1.54, 1.807) is 0 Å². The van der Waals surface area contributed by atoms with Gasteiger partial charge >= 0.3 is 17.9 Å². The van der Waals surface area contributed by atoms with Crippen LogP contribution in [-0.4, -0.2) is 37.2 Å². The van der Waals surface area contributed by atoms with Crippen LogP contribution < -0.4 is 0 Å². The van der Waals surface area contributed by atoms with Gasteiger partial charge in [0.1, 0.15) is 13.2 Å². The molecule has 0 spiro atoms. The summed E-state index contributed by atoms with van der Waals surface area (Å²) >= 11 is 0. The number of esters is 3. The first kappa shape index (κ1) is 65.6. The Kier molecular flexibility index (Phi) is 54.3. The minimum atomic E-state index is -0.807. The van der Waals surface area contributed by atoms with E-state index < -0.39 is 6.10 Å². The lowest BCUT2D eigenvalue weighted by Gasteiger charge is -2.18. The van der Waals surface area contributed by atoms with Gasteiger partial charge in [0.15, 0.2) is 6.10 Å². The Balaban J connectivity index is 4.44. The van der Waals surface area contributed by atoms with Crippen LogP contribution in [0.1, 0.15) is 278 Å². The summed E-state index contributed by atoms with van der Waals surface area (Å²) in [5.41, 5.74) is 0. The van der Waals surface area contributed by atoms with Crippen molar-refractivity contribution in [2.24, 2.45) is 0 Å². The highest BCUT2D eigenvalue weighted by Gasteiger charge is 2.19. The molecule has 6 nitrogen and oxygen atoms in total. The highest BCUT2D eigenvalue weighted by atomic mass is 16.6. The van der Waals surface area contributed by atoms with Crippen LogP contribution in [0.2, 0.25) is 0 Å². The molecule has 0 bridgehead atoms. The van der Waals surface area contributed by atoms with Gasteiger partial charge in [0.2, 0.25) is 0 Å². The second kappa shape index (κ2) is 57.2. The van der Waals surface area contributed by atoms with Gasteiger partial charge in [-0.1, -0.05) is 247 Å². The third-order valence-corrected chi connectivity index (χ3v) is 12.4. The molecule has 0 aliphatic carbocycles. The van der Waals surface area contributed by atoms with Gasteiger partial charge in [0.05, 0.1) is 0 Å². The van der Waals surface area contributed by atoms with E-state index in [9.17, 15) is 14.4 Å². The molecule has 396 valence electrons. The molecule has 0 aliphatic heterocycles. The summed E-state index contributed by atoms with van der Waals surface area (Å²) in [5, 5.41) is 0. The lowest BCUT2D eigenvalue weighted by atomic mass is 10.0. The van der Waals surface area contributed by atoms with Gasteiger partial charge in [0, 0.05) is 19.3 Å². The summed E-state index contributed by atoms with van der Waals surface area (Å²) < 4.78 is 16.8. The Bertz CT molecular complexity index is 1330. The number of carbonyl (C=O) groups is 3. The van der Waals surface area contributed by atoms with Crippen molar-refractivity contribution in [3.05, 3.63) is 85.1 Å². The predicted molar refractivity (Wildman–Crippen MR) is 297 cm³/mol. The summed E-state index contributed by atoms with van der Waals surface area (Å²) in [5.74, 6) is -0.956. The standard InChI is InChI=1S/C63H108O6/c1-4-7-10-13-16-19-22-25-28-30-31-33-36-38-41-44-47-50-53-56-62(65)68-59-60(69-63(66)57-54-51-48-45-42-39-34-27-24-21-18-15-12-9-6-3)58-67-61(64)55-52-49-46-43-40-37-35-32-29-26-23-20-17-14-11-8-5-2/h9,12,17-18,20-21,26-27,29,34-35,37,42,45,60H,4-8,10-11,13-16,19,22-25,28,30-33,36,38-41,43-44,46-59H2,1-3H3/b12-9-,20-17-,21-18-,29-26-,34-27-,37-35-,45-42-/t60-/m1/s1. The van der Waals surface area contributed by atoms with Gasteiger partial charge in [-0.15, -0.1) is 0 Å². The molecule has 0 aromatic heterocycles. The Morgan fingerprint density at radius 2 is 0.565 bits per heavy atom. The van der Waals surface area contributed by atoms with E-state index in [1.165, 1.54) is 128 Å². The van der Waals surface area contributed by atoms with Gasteiger partial charge in [-0.3, -0.25) is 14.4 Å². The van der Waals surface area contributed by atoms with Crippen molar-refractivity contribution in [3.8, 4) is 0 Å². The number of unbranched alkanes of at least 4 members (excludes halogenated alkanes) is 27. The van der Waals surface area contributed by atoms with Gasteiger partial charge in [-0.25, -0.2) is 0 Å². The summed E-state index contributed by atoms with van der Waals surface area (Å²) in [6.45, 7) is 6.47. The third kappa shape index (κ3) is 55.4. The van der Waals surface area contributed by atoms with E-state index in [2.05, 4.69) is 106 Å². The van der Waals surface area contributed by atoms with Gasteiger partial charge in [-0.05, 0) is 96.3 Å². The summed E-state index contributed by atoms with van der Waals surface area (Å²) in [6.07, 6.45) is 74.3. The normalized spacial score (nSPS) is 12.7. The number of rotatable bonds is 52. The average Bonchev–Trinajstić information content (AvgIpc) is 3.35. The van der Waals surface area contributed by atoms with E-state index in [-0.39, 0.29) is 37.5 Å². The Morgan fingerprint density at radius 1 is 0.304 bits per heavy atom. The highest BCUT2D eigenvalue weighted by molar-refractivity contribution is 5.71. The molecular weight excluding hydrogens is 853 g/mol. The highest BCUT2D eigenvalue weighted by Crippen LogP contribution is 2.16. The van der Waals surface area contributed by atoms with Crippen LogP contribution in [0.5, 0.6) is 0 Å². The number of ether oxygens (including phenoxy) is 3. The van der Waals surface area contributed by atoms with E-state index in [0.29, 0.717) is 19.3 Å². The lowest BCUT2D eigenvalue weighted by Crippen LogP contribution is -2.30. The van der Waals surface area contributed by atoms with Crippen LogP contribution in [0.25, 0.3) is 0 Å². The van der Waals surface area contributed by atoms with Crippen LogP contribution in [0.3, 0.4) is 0 Å². The number of hydrogen-bond donors (Lipinski definition) is 0. The molecule has 0 fully saturated rings. The SMILES string of the molecule is CC/C=C\C/C=C\C/C=C\C/C=C\CCCCC(=O)O[C@H](COC(=O)CCCCCC/C=C\C/C=C\C/C=C\CCCCC)COC(=O)CCCCCCCCCCCCCCCCCCCCC. The second-order valence-corrected chi connectivity index (χ2v) is 19.2. The molecule has 0 aliphatic rings. The zero-order valence-electron chi connectivity index (χ0n) is 45.3. The molecule has 1 atom stereocenters. The van der Waals surface area contributed by atoms with Crippen LogP contribution >= 0.6 is 0 Å². The molecule has 0 heterocycles.